The normalized spacial score (nSPS) is 13.0. The van der Waals surface area contributed by atoms with Gasteiger partial charge in [-0.05, 0) is 17.7 Å². The average Bonchev–Trinajstić information content (AvgIpc) is 2.03. The molecule has 0 aliphatic heterocycles. The summed E-state index contributed by atoms with van der Waals surface area (Å²) in [7, 11) is 0. The van der Waals surface area contributed by atoms with Crippen LogP contribution in [0.15, 0.2) is 22.7 Å². The second-order valence-electron chi connectivity index (χ2n) is 2.72. The number of hydrogen-bond donors (Lipinski definition) is 1. The Balaban J connectivity index is 3.12. The lowest BCUT2D eigenvalue weighted by Gasteiger charge is -2.12. The minimum atomic E-state index is 0.0769. The molecule has 1 aromatic carbocycles. The van der Waals surface area contributed by atoms with E-state index in [0.29, 0.717) is 5.02 Å². The number of halogens is 2. The van der Waals surface area contributed by atoms with Crippen LogP contribution in [0.3, 0.4) is 0 Å². The quantitative estimate of drug-likeness (QED) is 0.853. The molecule has 0 amide bonds. The Hall–Kier alpha value is -0.0500. The van der Waals surface area contributed by atoms with Gasteiger partial charge in [0.05, 0.1) is 0 Å². The zero-order chi connectivity index (χ0) is 9.14. The van der Waals surface area contributed by atoms with Crippen LogP contribution in [0.4, 0.5) is 0 Å². The standard InChI is InChI=1S/C9H10BrClO/c1-6(5-12)9-7(10)3-2-4-8(9)11/h2-4,6,12H,5H2,1H3. The highest BCUT2D eigenvalue weighted by Crippen LogP contribution is 2.31. The van der Waals surface area contributed by atoms with E-state index in [2.05, 4.69) is 15.9 Å². The number of hydrogen-bond acceptors (Lipinski definition) is 1. The second kappa shape index (κ2) is 4.26. The highest BCUT2D eigenvalue weighted by Gasteiger charge is 2.11. The molecule has 1 nitrogen and oxygen atoms in total. The van der Waals surface area contributed by atoms with Gasteiger partial charge in [0.15, 0.2) is 0 Å². The zero-order valence-corrected chi connectivity index (χ0v) is 9.06. The van der Waals surface area contributed by atoms with Gasteiger partial charge in [-0.25, -0.2) is 0 Å². The summed E-state index contributed by atoms with van der Waals surface area (Å²) in [6.07, 6.45) is 0. The smallest absolute Gasteiger partial charge is 0.0498 e. The van der Waals surface area contributed by atoms with E-state index in [1.54, 1.807) is 0 Å². The van der Waals surface area contributed by atoms with Crippen LogP contribution in [0.25, 0.3) is 0 Å². The molecule has 1 atom stereocenters. The van der Waals surface area contributed by atoms with E-state index in [1.165, 1.54) is 0 Å². The Morgan fingerprint density at radius 3 is 2.75 bits per heavy atom. The van der Waals surface area contributed by atoms with E-state index in [4.69, 9.17) is 16.7 Å². The largest absolute Gasteiger partial charge is 0.396 e. The Bertz CT molecular complexity index is 255. The number of aliphatic hydroxyl groups excluding tert-OH is 1. The van der Waals surface area contributed by atoms with Crippen molar-refractivity contribution in [1.29, 1.82) is 0 Å². The molecule has 0 radical (unpaired) electrons. The monoisotopic (exact) mass is 248 g/mol. The fourth-order valence-corrected chi connectivity index (χ4v) is 2.30. The molecule has 1 aromatic rings. The third kappa shape index (κ3) is 2.00. The van der Waals surface area contributed by atoms with E-state index in [9.17, 15) is 0 Å². The maximum absolute atomic E-state index is 8.96. The van der Waals surface area contributed by atoms with Crippen LogP contribution in [0.5, 0.6) is 0 Å². The first-order chi connectivity index (χ1) is 5.66. The van der Waals surface area contributed by atoms with E-state index in [-0.39, 0.29) is 12.5 Å². The minimum absolute atomic E-state index is 0.0769. The van der Waals surface area contributed by atoms with Gasteiger partial charge in [0.2, 0.25) is 0 Å². The Morgan fingerprint density at radius 2 is 2.25 bits per heavy atom. The lowest BCUT2D eigenvalue weighted by molar-refractivity contribution is 0.273. The van der Waals surface area contributed by atoms with Crippen molar-refractivity contribution in [3.05, 3.63) is 33.3 Å². The van der Waals surface area contributed by atoms with Crippen molar-refractivity contribution in [2.24, 2.45) is 0 Å². The molecule has 1 unspecified atom stereocenters. The van der Waals surface area contributed by atoms with E-state index < -0.39 is 0 Å². The summed E-state index contributed by atoms with van der Waals surface area (Å²) in [6, 6.07) is 5.63. The SMILES string of the molecule is CC(CO)c1c(Cl)cccc1Br. The van der Waals surface area contributed by atoms with Crippen LogP contribution < -0.4 is 0 Å². The van der Waals surface area contributed by atoms with Crippen molar-refractivity contribution in [2.75, 3.05) is 6.61 Å². The summed E-state index contributed by atoms with van der Waals surface area (Å²) >= 11 is 9.35. The van der Waals surface area contributed by atoms with Crippen molar-refractivity contribution in [3.8, 4) is 0 Å². The van der Waals surface area contributed by atoms with Gasteiger partial charge in [-0.15, -0.1) is 0 Å². The Labute approximate surface area is 85.5 Å². The van der Waals surface area contributed by atoms with Gasteiger partial charge in [-0.2, -0.15) is 0 Å². The van der Waals surface area contributed by atoms with E-state index >= 15 is 0 Å². The van der Waals surface area contributed by atoms with Gasteiger partial charge < -0.3 is 5.11 Å². The maximum Gasteiger partial charge on any atom is 0.0498 e. The molecule has 0 aromatic heterocycles. The first kappa shape index (κ1) is 10.0. The van der Waals surface area contributed by atoms with Crippen LogP contribution in [0.1, 0.15) is 18.4 Å². The maximum atomic E-state index is 8.96. The summed E-state index contributed by atoms with van der Waals surface area (Å²) in [4.78, 5) is 0. The molecule has 0 heterocycles. The summed E-state index contributed by atoms with van der Waals surface area (Å²) in [6.45, 7) is 2.05. The minimum Gasteiger partial charge on any atom is -0.396 e. The van der Waals surface area contributed by atoms with Crippen LogP contribution in [-0.2, 0) is 0 Å². The lowest BCUT2D eigenvalue weighted by atomic mass is 10.0. The lowest BCUT2D eigenvalue weighted by Crippen LogP contribution is -2.00. The topological polar surface area (TPSA) is 20.2 Å². The molecule has 12 heavy (non-hydrogen) atoms. The van der Waals surface area contributed by atoms with E-state index in [1.807, 2.05) is 25.1 Å². The molecule has 3 heteroatoms. The molecule has 0 fully saturated rings. The third-order valence-corrected chi connectivity index (χ3v) is 2.79. The average molecular weight is 250 g/mol. The van der Waals surface area contributed by atoms with Gasteiger partial charge in [-0.3, -0.25) is 0 Å². The first-order valence-electron chi connectivity index (χ1n) is 3.71. The van der Waals surface area contributed by atoms with Gasteiger partial charge in [0.1, 0.15) is 0 Å². The number of benzene rings is 1. The number of rotatable bonds is 2. The van der Waals surface area contributed by atoms with Crippen molar-refractivity contribution in [2.45, 2.75) is 12.8 Å². The van der Waals surface area contributed by atoms with Gasteiger partial charge in [0, 0.05) is 22.0 Å². The molecule has 0 aliphatic carbocycles. The molecule has 0 bridgehead atoms. The zero-order valence-electron chi connectivity index (χ0n) is 6.72. The van der Waals surface area contributed by atoms with Crippen LogP contribution >= 0.6 is 27.5 Å². The molecule has 0 saturated heterocycles. The van der Waals surface area contributed by atoms with Crippen LogP contribution in [0, 0.1) is 0 Å². The van der Waals surface area contributed by atoms with Crippen molar-refractivity contribution in [3.63, 3.8) is 0 Å². The van der Waals surface area contributed by atoms with E-state index in [0.717, 1.165) is 10.0 Å². The highest BCUT2D eigenvalue weighted by molar-refractivity contribution is 9.10. The Kier molecular flexibility index (Phi) is 3.56. The molecular weight excluding hydrogens is 239 g/mol. The Morgan fingerprint density at radius 1 is 1.58 bits per heavy atom. The second-order valence-corrected chi connectivity index (χ2v) is 3.98. The van der Waals surface area contributed by atoms with Gasteiger partial charge in [-0.1, -0.05) is 40.5 Å². The predicted molar refractivity (Wildman–Crippen MR) is 54.7 cm³/mol. The fraction of sp³-hybridized carbons (Fsp3) is 0.333. The van der Waals surface area contributed by atoms with Crippen LogP contribution in [-0.4, -0.2) is 11.7 Å². The summed E-state index contributed by atoms with van der Waals surface area (Å²) in [5, 5.41) is 9.66. The predicted octanol–water partition coefficient (Wildman–Crippen LogP) is 3.20. The molecule has 1 rings (SSSR count). The first-order valence-corrected chi connectivity index (χ1v) is 4.88. The summed E-state index contributed by atoms with van der Waals surface area (Å²) in [5.74, 6) is 0.0769. The molecule has 0 aliphatic rings. The molecule has 0 saturated carbocycles. The highest BCUT2D eigenvalue weighted by atomic mass is 79.9. The molecule has 0 spiro atoms. The summed E-state index contributed by atoms with van der Waals surface area (Å²) < 4.78 is 0.955. The molecular formula is C9H10BrClO. The number of aliphatic hydroxyl groups is 1. The molecule has 1 N–H and O–H groups in total. The van der Waals surface area contributed by atoms with Gasteiger partial charge in [0.25, 0.3) is 0 Å². The van der Waals surface area contributed by atoms with Crippen molar-refractivity contribution in [1.82, 2.24) is 0 Å². The summed E-state index contributed by atoms with van der Waals surface area (Å²) in [5.41, 5.74) is 0.974. The van der Waals surface area contributed by atoms with Crippen molar-refractivity contribution < 1.29 is 5.11 Å². The molecule has 66 valence electrons. The van der Waals surface area contributed by atoms with Gasteiger partial charge >= 0.3 is 0 Å². The third-order valence-electron chi connectivity index (χ3n) is 1.77. The fourth-order valence-electron chi connectivity index (χ4n) is 1.07. The van der Waals surface area contributed by atoms with Crippen molar-refractivity contribution >= 4 is 27.5 Å². The van der Waals surface area contributed by atoms with Crippen LogP contribution in [0.2, 0.25) is 5.02 Å².